The Morgan fingerprint density at radius 1 is 1.29 bits per heavy atom. The van der Waals surface area contributed by atoms with Crippen LogP contribution in [0.3, 0.4) is 0 Å². The van der Waals surface area contributed by atoms with E-state index in [2.05, 4.69) is 19.9 Å². The van der Waals surface area contributed by atoms with E-state index in [9.17, 15) is 4.79 Å². The van der Waals surface area contributed by atoms with Crippen LogP contribution in [0.5, 0.6) is 0 Å². The summed E-state index contributed by atoms with van der Waals surface area (Å²) in [6, 6.07) is 3.64. The van der Waals surface area contributed by atoms with Crippen molar-refractivity contribution in [2.45, 2.75) is 52.5 Å². The topological polar surface area (TPSA) is 76.7 Å². The van der Waals surface area contributed by atoms with E-state index in [0.717, 1.165) is 31.0 Å². The van der Waals surface area contributed by atoms with Crippen LogP contribution in [-0.4, -0.2) is 61.6 Å². The lowest BCUT2D eigenvalue weighted by molar-refractivity contribution is -0.0587. The molecule has 31 heavy (non-hydrogen) atoms. The van der Waals surface area contributed by atoms with Crippen LogP contribution in [0.2, 0.25) is 5.02 Å². The zero-order chi connectivity index (χ0) is 22.0. The lowest BCUT2D eigenvalue weighted by Crippen LogP contribution is -2.48. The molecule has 3 aromatic rings. The van der Waals surface area contributed by atoms with Crippen molar-refractivity contribution < 1.29 is 9.53 Å². The van der Waals surface area contributed by atoms with Crippen LogP contribution in [0, 0.1) is 6.92 Å². The molecule has 1 N–H and O–H groups in total. The number of carbonyl (C=O) groups excluding carboxylic acids is 1. The fourth-order valence-corrected chi connectivity index (χ4v) is 4.28. The summed E-state index contributed by atoms with van der Waals surface area (Å²) in [4.78, 5) is 24.1. The first-order valence-electron chi connectivity index (χ1n) is 10.7. The zero-order valence-electron chi connectivity index (χ0n) is 18.2. The molecule has 0 unspecified atom stereocenters. The molecule has 4 heterocycles. The van der Waals surface area contributed by atoms with Gasteiger partial charge in [0, 0.05) is 44.8 Å². The van der Waals surface area contributed by atoms with Gasteiger partial charge < -0.3 is 23.9 Å². The normalized spacial score (nSPS) is 19.3. The molecule has 1 amide bonds. The first-order valence-corrected chi connectivity index (χ1v) is 11.1. The van der Waals surface area contributed by atoms with Crippen molar-refractivity contribution in [2.75, 3.05) is 19.6 Å². The van der Waals surface area contributed by atoms with Crippen LogP contribution < -0.4 is 5.32 Å². The summed E-state index contributed by atoms with van der Waals surface area (Å²) >= 11 is 6.23. The van der Waals surface area contributed by atoms with Crippen LogP contribution in [-0.2, 0) is 17.8 Å². The van der Waals surface area contributed by atoms with Gasteiger partial charge in [-0.3, -0.25) is 4.79 Å². The third kappa shape index (κ3) is 4.92. The Balaban J connectivity index is 1.49. The Morgan fingerprint density at radius 2 is 2.06 bits per heavy atom. The van der Waals surface area contributed by atoms with Gasteiger partial charge in [0.15, 0.2) is 5.69 Å². The van der Waals surface area contributed by atoms with Gasteiger partial charge in [0.05, 0.1) is 22.9 Å². The number of fused-ring (bicyclic) bond motifs is 1. The molecule has 0 aromatic carbocycles. The smallest absolute Gasteiger partial charge is 0.274 e. The molecule has 1 fully saturated rings. The summed E-state index contributed by atoms with van der Waals surface area (Å²) in [5.41, 5.74) is 2.02. The van der Waals surface area contributed by atoms with Crippen molar-refractivity contribution in [1.29, 1.82) is 0 Å². The van der Waals surface area contributed by atoms with Gasteiger partial charge in [0.1, 0.15) is 11.5 Å². The number of rotatable bonds is 7. The van der Waals surface area contributed by atoms with Gasteiger partial charge in [-0.05, 0) is 45.9 Å². The van der Waals surface area contributed by atoms with Crippen LogP contribution in [0.4, 0.5) is 0 Å². The Kier molecular flexibility index (Phi) is 6.60. The molecular formula is C22H29ClN6O2. The molecule has 4 rings (SSSR count). The van der Waals surface area contributed by atoms with Crippen LogP contribution >= 0.6 is 11.6 Å². The number of aromatic nitrogens is 4. The van der Waals surface area contributed by atoms with Crippen molar-refractivity contribution in [3.8, 4) is 0 Å². The first-order chi connectivity index (χ1) is 14.9. The van der Waals surface area contributed by atoms with Crippen LogP contribution in [0.15, 0.2) is 30.7 Å². The fraction of sp³-hybridized carbons (Fsp3) is 0.500. The second-order valence-electron chi connectivity index (χ2n) is 8.15. The molecule has 0 spiro atoms. The molecule has 166 valence electrons. The minimum Gasteiger partial charge on any atom is -0.372 e. The maximum atomic E-state index is 13.4. The molecule has 0 bridgehead atoms. The average molecular weight is 445 g/mol. The standard InChI is InChI=1S/C22H29ClN6O2/c1-15-12-28(13-16(2)31-15)22(30)21-19(29-14-18(23)5-6-20(29)26-21)11-24-7-4-9-27-10-8-25-17(27)3/h5-6,8,10,14-16,24H,4,7,9,11-13H2,1-3H3/t15-,16+. The minimum absolute atomic E-state index is 0.00684. The van der Waals surface area contributed by atoms with Gasteiger partial charge in [-0.25, -0.2) is 9.97 Å². The van der Waals surface area contributed by atoms with Gasteiger partial charge in [-0.2, -0.15) is 0 Å². The maximum absolute atomic E-state index is 13.4. The average Bonchev–Trinajstić information content (AvgIpc) is 3.29. The van der Waals surface area contributed by atoms with Crippen molar-refractivity contribution in [1.82, 2.24) is 29.2 Å². The highest BCUT2D eigenvalue weighted by atomic mass is 35.5. The number of morpholine rings is 1. The number of ether oxygens (including phenoxy) is 1. The number of halogens is 1. The number of carbonyl (C=O) groups is 1. The zero-order valence-corrected chi connectivity index (χ0v) is 19.0. The second-order valence-corrected chi connectivity index (χ2v) is 8.58. The molecule has 1 aliphatic heterocycles. The van der Waals surface area contributed by atoms with E-state index in [1.807, 2.05) is 54.7 Å². The molecule has 9 heteroatoms. The maximum Gasteiger partial charge on any atom is 0.274 e. The highest BCUT2D eigenvalue weighted by molar-refractivity contribution is 6.30. The van der Waals surface area contributed by atoms with Gasteiger partial charge in [-0.15, -0.1) is 0 Å². The molecule has 0 saturated carbocycles. The summed E-state index contributed by atoms with van der Waals surface area (Å²) in [5.74, 6) is 0.950. The van der Waals surface area contributed by atoms with E-state index in [1.54, 1.807) is 6.07 Å². The molecule has 0 aliphatic carbocycles. The molecule has 0 radical (unpaired) electrons. The van der Waals surface area contributed by atoms with Crippen molar-refractivity contribution in [3.05, 3.63) is 53.0 Å². The largest absolute Gasteiger partial charge is 0.372 e. The summed E-state index contributed by atoms with van der Waals surface area (Å²) in [6.07, 6.45) is 6.59. The quantitative estimate of drug-likeness (QED) is 0.567. The Morgan fingerprint density at radius 3 is 2.77 bits per heavy atom. The van der Waals surface area contributed by atoms with Gasteiger partial charge in [0.2, 0.25) is 0 Å². The Hall–Kier alpha value is -2.42. The van der Waals surface area contributed by atoms with E-state index < -0.39 is 0 Å². The SMILES string of the molecule is Cc1nccn1CCCNCc1c(C(=O)N2C[C@@H](C)O[C@@H](C)C2)nc2ccc(Cl)cn12. The number of pyridine rings is 1. The summed E-state index contributed by atoms with van der Waals surface area (Å²) in [6.45, 7) is 9.34. The van der Waals surface area contributed by atoms with E-state index in [0.29, 0.717) is 36.0 Å². The van der Waals surface area contributed by atoms with Crippen LogP contribution in [0.1, 0.15) is 42.3 Å². The molecule has 3 aromatic heterocycles. The number of hydrogen-bond acceptors (Lipinski definition) is 5. The van der Waals surface area contributed by atoms with Gasteiger partial charge >= 0.3 is 0 Å². The predicted molar refractivity (Wildman–Crippen MR) is 119 cm³/mol. The fourth-order valence-electron chi connectivity index (χ4n) is 4.12. The third-order valence-electron chi connectivity index (χ3n) is 5.56. The monoisotopic (exact) mass is 444 g/mol. The lowest BCUT2D eigenvalue weighted by Gasteiger charge is -2.35. The highest BCUT2D eigenvalue weighted by Gasteiger charge is 2.30. The predicted octanol–water partition coefficient (Wildman–Crippen LogP) is 2.92. The number of nitrogens with one attached hydrogen (secondary N) is 1. The van der Waals surface area contributed by atoms with E-state index >= 15 is 0 Å². The molecular weight excluding hydrogens is 416 g/mol. The number of amides is 1. The Bertz CT molecular complexity index is 1050. The molecule has 1 saturated heterocycles. The minimum atomic E-state index is -0.0623. The highest BCUT2D eigenvalue weighted by Crippen LogP contribution is 2.20. The number of imidazole rings is 2. The van der Waals surface area contributed by atoms with Crippen molar-refractivity contribution in [2.24, 2.45) is 0 Å². The lowest BCUT2D eigenvalue weighted by atomic mass is 10.2. The second kappa shape index (κ2) is 9.38. The molecule has 1 aliphatic rings. The molecule has 2 atom stereocenters. The summed E-state index contributed by atoms with van der Waals surface area (Å²) in [7, 11) is 0. The molecule has 8 nitrogen and oxygen atoms in total. The van der Waals surface area contributed by atoms with E-state index in [4.69, 9.17) is 16.3 Å². The third-order valence-corrected chi connectivity index (χ3v) is 5.78. The summed E-state index contributed by atoms with van der Waals surface area (Å²) < 4.78 is 9.83. The van der Waals surface area contributed by atoms with Crippen molar-refractivity contribution in [3.63, 3.8) is 0 Å². The number of nitrogens with zero attached hydrogens (tertiary/aromatic N) is 5. The summed E-state index contributed by atoms with van der Waals surface area (Å²) in [5, 5.41) is 4.07. The number of hydrogen-bond donors (Lipinski definition) is 1. The van der Waals surface area contributed by atoms with Crippen molar-refractivity contribution >= 4 is 23.2 Å². The van der Waals surface area contributed by atoms with Gasteiger partial charge in [-0.1, -0.05) is 11.6 Å². The first kappa shape index (κ1) is 21.8. The van der Waals surface area contributed by atoms with Gasteiger partial charge in [0.25, 0.3) is 5.91 Å². The Labute approximate surface area is 187 Å². The van der Waals surface area contributed by atoms with E-state index in [1.165, 1.54) is 0 Å². The van der Waals surface area contributed by atoms with E-state index in [-0.39, 0.29) is 18.1 Å². The van der Waals surface area contributed by atoms with Crippen LogP contribution in [0.25, 0.3) is 5.65 Å². The number of aryl methyl sites for hydroxylation is 2.